The molecule has 6 rings (SSSR count). The summed E-state index contributed by atoms with van der Waals surface area (Å²) in [6.45, 7) is 6.19. The highest BCUT2D eigenvalue weighted by atomic mass is 35.5. The Bertz CT molecular complexity index is 1410. The fourth-order valence-electron chi connectivity index (χ4n) is 6.14. The zero-order valence-corrected chi connectivity index (χ0v) is 23.1. The van der Waals surface area contributed by atoms with Gasteiger partial charge < -0.3 is 19.0 Å². The van der Waals surface area contributed by atoms with Crippen LogP contribution in [0.4, 0.5) is 10.1 Å². The van der Waals surface area contributed by atoms with E-state index in [-0.39, 0.29) is 47.9 Å². The number of hydrogen-bond donors (Lipinski definition) is 1. The van der Waals surface area contributed by atoms with Crippen LogP contribution in [0.2, 0.25) is 0 Å². The van der Waals surface area contributed by atoms with Crippen LogP contribution in [-0.2, 0) is 19.6 Å². The molecule has 210 valence electrons. The van der Waals surface area contributed by atoms with Crippen molar-refractivity contribution < 1.29 is 13.9 Å². The van der Waals surface area contributed by atoms with Crippen LogP contribution < -0.4 is 15.9 Å². The van der Waals surface area contributed by atoms with E-state index in [0.29, 0.717) is 30.5 Å². The quantitative estimate of drug-likeness (QED) is 0.496. The van der Waals surface area contributed by atoms with E-state index in [1.807, 2.05) is 16.7 Å². The number of piperazine rings is 1. The third-order valence-corrected chi connectivity index (χ3v) is 7.91. The molecule has 0 aliphatic carbocycles. The number of piperidine rings is 1. The van der Waals surface area contributed by atoms with E-state index in [9.17, 15) is 19.1 Å². The Morgan fingerprint density at radius 2 is 1.64 bits per heavy atom. The summed E-state index contributed by atoms with van der Waals surface area (Å²) in [5.41, 5.74) is 1.71. The summed E-state index contributed by atoms with van der Waals surface area (Å²) in [5, 5.41) is 10.5. The number of aromatic hydroxyl groups is 1. The largest absolute Gasteiger partial charge is 0.502 e. The summed E-state index contributed by atoms with van der Waals surface area (Å²) in [4.78, 5) is 31.5. The number of hydrogen-bond acceptors (Lipinski definition) is 7. The maximum absolute atomic E-state index is 13.2. The van der Waals surface area contributed by atoms with Gasteiger partial charge in [0.1, 0.15) is 11.6 Å². The summed E-state index contributed by atoms with van der Waals surface area (Å²) in [7, 11) is 0. The van der Waals surface area contributed by atoms with Gasteiger partial charge in [0.15, 0.2) is 5.76 Å². The summed E-state index contributed by atoms with van der Waals surface area (Å²) >= 11 is 0. The topological polar surface area (TPSA) is 82.2 Å². The minimum Gasteiger partial charge on any atom is -0.502 e. The molecule has 39 heavy (non-hydrogen) atoms. The van der Waals surface area contributed by atoms with Crippen LogP contribution in [-0.4, -0.2) is 58.7 Å². The molecule has 3 aliphatic rings. The van der Waals surface area contributed by atoms with Crippen LogP contribution in [0.1, 0.15) is 29.6 Å². The van der Waals surface area contributed by atoms with Gasteiger partial charge in [-0.05, 0) is 42.7 Å². The molecular weight excluding hydrogens is 546 g/mol. The molecule has 2 bridgehead atoms. The molecule has 0 spiro atoms. The van der Waals surface area contributed by atoms with Crippen molar-refractivity contribution in [3.05, 3.63) is 92.1 Å². The van der Waals surface area contributed by atoms with Crippen LogP contribution in [0.15, 0.2) is 62.5 Å². The summed E-state index contributed by atoms with van der Waals surface area (Å²) in [6.07, 6.45) is 1.06. The number of halogens is 3. The summed E-state index contributed by atoms with van der Waals surface area (Å²) in [5.74, 6) is 0.934. The van der Waals surface area contributed by atoms with Crippen LogP contribution in [0, 0.1) is 11.7 Å². The zero-order chi connectivity index (χ0) is 25.5. The molecule has 11 heteroatoms. The fourth-order valence-corrected chi connectivity index (χ4v) is 6.14. The first-order valence-corrected chi connectivity index (χ1v) is 12.9. The van der Waals surface area contributed by atoms with Crippen molar-refractivity contribution in [2.75, 3.05) is 44.2 Å². The van der Waals surface area contributed by atoms with Gasteiger partial charge in [-0.3, -0.25) is 19.4 Å². The highest BCUT2D eigenvalue weighted by molar-refractivity contribution is 5.85. The molecule has 0 amide bonds. The van der Waals surface area contributed by atoms with Gasteiger partial charge in [-0.1, -0.05) is 6.07 Å². The molecular formula is C28H33Cl2FN4O4. The molecule has 2 aromatic heterocycles. The lowest BCUT2D eigenvalue weighted by atomic mass is 9.83. The number of anilines is 1. The molecule has 0 radical (unpaired) electrons. The van der Waals surface area contributed by atoms with Crippen molar-refractivity contribution in [3.8, 4) is 5.75 Å². The van der Waals surface area contributed by atoms with Crippen molar-refractivity contribution >= 4 is 30.5 Å². The Labute approximate surface area is 238 Å². The number of aromatic nitrogens is 1. The predicted molar refractivity (Wildman–Crippen MR) is 152 cm³/mol. The van der Waals surface area contributed by atoms with Gasteiger partial charge >= 0.3 is 0 Å². The smallest absolute Gasteiger partial charge is 0.250 e. The molecule has 1 aromatic carbocycles. The Balaban J connectivity index is 0.00000176. The average molecular weight is 580 g/mol. The molecule has 3 aromatic rings. The number of likely N-dealkylation sites (tertiary alicyclic amines) is 1. The standard InChI is InChI=1S/C28H31FN4O4.2ClH/c29-21-4-6-22(7-5-21)32-10-8-30(9-11-32)18-26-28(36)25(34)13-23(37-26)17-31-14-19-12-20(16-31)24-2-1-3-27(35)33(24)15-19;;/h1-7,13,19-20,36H,8-12,14-18H2;2*1H. The van der Waals surface area contributed by atoms with Crippen molar-refractivity contribution in [2.45, 2.75) is 32.0 Å². The molecule has 0 saturated carbocycles. The minimum absolute atomic E-state index is 0. The van der Waals surface area contributed by atoms with E-state index in [1.165, 1.54) is 18.2 Å². The second-order valence-electron chi connectivity index (χ2n) is 10.5. The van der Waals surface area contributed by atoms with E-state index in [0.717, 1.165) is 63.6 Å². The molecule has 2 fully saturated rings. The van der Waals surface area contributed by atoms with Gasteiger partial charge in [0, 0.05) is 75.2 Å². The maximum atomic E-state index is 13.2. The third kappa shape index (κ3) is 6.17. The lowest BCUT2D eigenvalue weighted by Gasteiger charge is -2.42. The van der Waals surface area contributed by atoms with E-state index >= 15 is 0 Å². The van der Waals surface area contributed by atoms with Gasteiger partial charge in [-0.25, -0.2) is 4.39 Å². The first-order chi connectivity index (χ1) is 17.9. The van der Waals surface area contributed by atoms with Crippen molar-refractivity contribution in [1.29, 1.82) is 0 Å². The van der Waals surface area contributed by atoms with E-state index in [2.05, 4.69) is 14.7 Å². The number of nitrogens with zero attached hydrogens (tertiary/aromatic N) is 4. The summed E-state index contributed by atoms with van der Waals surface area (Å²) in [6, 6.07) is 13.4. The van der Waals surface area contributed by atoms with Crippen LogP contribution in [0.25, 0.3) is 0 Å². The van der Waals surface area contributed by atoms with Crippen LogP contribution in [0.5, 0.6) is 5.75 Å². The highest BCUT2D eigenvalue weighted by Gasteiger charge is 2.34. The Morgan fingerprint density at radius 1 is 0.897 bits per heavy atom. The van der Waals surface area contributed by atoms with Gasteiger partial charge in [0.25, 0.3) is 5.56 Å². The molecule has 2 atom stereocenters. The first kappa shape index (κ1) is 29.1. The van der Waals surface area contributed by atoms with E-state index in [4.69, 9.17) is 4.42 Å². The van der Waals surface area contributed by atoms with Gasteiger partial charge in [-0.15, -0.1) is 24.8 Å². The van der Waals surface area contributed by atoms with Crippen LogP contribution in [0.3, 0.4) is 0 Å². The molecule has 1 N–H and O–H groups in total. The SMILES string of the molecule is Cl.Cl.O=c1cc(CN2CC3CC(C2)c2cccc(=O)n2C3)oc(CN2CCN(c3ccc(F)cc3)CC2)c1O. The van der Waals surface area contributed by atoms with Gasteiger partial charge in [0.05, 0.1) is 13.1 Å². The maximum Gasteiger partial charge on any atom is 0.250 e. The Hall–Kier alpha value is -2.85. The van der Waals surface area contributed by atoms with E-state index < -0.39 is 5.43 Å². The number of pyridine rings is 1. The normalized spacial score (nSPS) is 21.0. The van der Waals surface area contributed by atoms with E-state index in [1.54, 1.807) is 18.2 Å². The Morgan fingerprint density at radius 3 is 2.38 bits per heavy atom. The lowest BCUT2D eigenvalue weighted by Crippen LogP contribution is -2.46. The zero-order valence-electron chi connectivity index (χ0n) is 21.5. The van der Waals surface area contributed by atoms with Crippen LogP contribution >= 0.6 is 24.8 Å². The van der Waals surface area contributed by atoms with Crippen molar-refractivity contribution in [2.24, 2.45) is 5.92 Å². The molecule has 5 heterocycles. The van der Waals surface area contributed by atoms with Crippen molar-refractivity contribution in [1.82, 2.24) is 14.4 Å². The predicted octanol–water partition coefficient (Wildman–Crippen LogP) is 3.43. The fraction of sp³-hybridized carbons (Fsp3) is 0.429. The lowest BCUT2D eigenvalue weighted by molar-refractivity contribution is 0.105. The molecule has 3 aliphatic heterocycles. The second-order valence-corrected chi connectivity index (χ2v) is 10.5. The second kappa shape index (κ2) is 12.1. The molecule has 8 nitrogen and oxygen atoms in total. The Kier molecular flexibility index (Phi) is 9.06. The minimum atomic E-state index is -0.421. The molecule has 2 unspecified atom stereocenters. The number of benzene rings is 1. The summed E-state index contributed by atoms with van der Waals surface area (Å²) < 4.78 is 21.2. The van der Waals surface area contributed by atoms with Gasteiger partial charge in [0.2, 0.25) is 11.2 Å². The monoisotopic (exact) mass is 578 g/mol. The number of fused-ring (bicyclic) bond motifs is 4. The number of rotatable bonds is 5. The first-order valence-electron chi connectivity index (χ1n) is 12.9. The van der Waals surface area contributed by atoms with Crippen molar-refractivity contribution in [3.63, 3.8) is 0 Å². The van der Waals surface area contributed by atoms with Gasteiger partial charge in [-0.2, -0.15) is 0 Å². The highest BCUT2D eigenvalue weighted by Crippen LogP contribution is 2.35. The molecule has 2 saturated heterocycles. The average Bonchev–Trinajstić information content (AvgIpc) is 2.89. The third-order valence-electron chi connectivity index (χ3n) is 7.91.